The van der Waals surface area contributed by atoms with Gasteiger partial charge in [0.15, 0.2) is 0 Å². The van der Waals surface area contributed by atoms with Gasteiger partial charge in [0.25, 0.3) is 0 Å². The van der Waals surface area contributed by atoms with Crippen LogP contribution in [0, 0.1) is 6.92 Å². The van der Waals surface area contributed by atoms with Gasteiger partial charge in [-0.1, -0.05) is 53.0 Å². The number of ether oxygens (including phenoxy) is 1. The summed E-state index contributed by atoms with van der Waals surface area (Å²) in [5, 5.41) is 6.81. The summed E-state index contributed by atoms with van der Waals surface area (Å²) in [4.78, 5) is 23.9. The zero-order valence-corrected chi connectivity index (χ0v) is 18.1. The summed E-state index contributed by atoms with van der Waals surface area (Å²) in [5.74, 6) is -1.15. The van der Waals surface area contributed by atoms with Crippen molar-refractivity contribution in [1.82, 2.24) is 5.43 Å². The number of carbonyl (C=O) groups is 2. The monoisotopic (exact) mass is 455 g/mol. The number of nitrogens with zero attached hydrogens (tertiary/aromatic N) is 1. The first-order valence-electron chi connectivity index (χ1n) is 9.28. The minimum absolute atomic E-state index is 0.236. The molecule has 0 spiro atoms. The average molecular weight is 456 g/mol. The van der Waals surface area contributed by atoms with Crippen molar-refractivity contribution in [2.75, 3.05) is 5.32 Å². The Morgan fingerprint density at radius 3 is 2.52 bits per heavy atom. The first-order chi connectivity index (χ1) is 14.9. The fourth-order valence-corrected chi connectivity index (χ4v) is 2.94. The van der Waals surface area contributed by atoms with E-state index < -0.39 is 11.8 Å². The van der Waals surface area contributed by atoms with Crippen molar-refractivity contribution in [3.05, 3.63) is 93.5 Å². The molecule has 0 fully saturated rings. The molecule has 2 N–H and O–H groups in total. The number of carbonyl (C=O) groups excluding carboxylic acids is 2. The van der Waals surface area contributed by atoms with Crippen LogP contribution < -0.4 is 15.5 Å². The number of halogens is 2. The van der Waals surface area contributed by atoms with Crippen LogP contribution in [-0.2, 0) is 16.2 Å². The Morgan fingerprint density at radius 1 is 1.00 bits per heavy atom. The molecule has 2 amide bonds. The molecule has 6 nitrogen and oxygen atoms in total. The third-order valence-electron chi connectivity index (χ3n) is 4.13. The molecule has 158 valence electrons. The molecular weight excluding hydrogens is 437 g/mol. The number of amides is 2. The maximum absolute atomic E-state index is 12.0. The van der Waals surface area contributed by atoms with Crippen LogP contribution in [0.4, 0.5) is 5.69 Å². The van der Waals surface area contributed by atoms with Crippen molar-refractivity contribution in [3.8, 4) is 5.75 Å². The van der Waals surface area contributed by atoms with Crippen LogP contribution in [0.2, 0.25) is 10.0 Å². The summed E-state index contributed by atoms with van der Waals surface area (Å²) in [7, 11) is 0. The SMILES string of the molecule is Cc1cccc(COc2ccc(C=NNC(=O)C(=O)Nc3cc(Cl)ccc3Cl)cc2)c1. The Kier molecular flexibility index (Phi) is 7.65. The number of hydrogen-bond acceptors (Lipinski definition) is 4. The Bertz CT molecular complexity index is 1120. The Labute approximate surface area is 189 Å². The van der Waals surface area contributed by atoms with Crippen LogP contribution in [0.25, 0.3) is 0 Å². The molecule has 0 aliphatic rings. The van der Waals surface area contributed by atoms with Gasteiger partial charge in [0.05, 0.1) is 16.9 Å². The standard InChI is InChI=1S/C23H19Cl2N3O3/c1-15-3-2-4-17(11-15)14-31-19-8-5-16(6-9-19)13-26-28-23(30)22(29)27-21-12-18(24)7-10-20(21)25/h2-13H,14H2,1H3,(H,27,29)(H,28,30). The van der Waals surface area contributed by atoms with Crippen LogP contribution in [-0.4, -0.2) is 18.0 Å². The third-order valence-corrected chi connectivity index (χ3v) is 4.70. The topological polar surface area (TPSA) is 79.8 Å². The molecule has 0 saturated heterocycles. The maximum atomic E-state index is 12.0. The van der Waals surface area contributed by atoms with Crippen LogP contribution in [0.5, 0.6) is 5.75 Å². The molecule has 0 saturated carbocycles. The van der Waals surface area contributed by atoms with Gasteiger partial charge in [0, 0.05) is 5.02 Å². The Morgan fingerprint density at radius 2 is 1.77 bits per heavy atom. The molecule has 0 aromatic heterocycles. The number of aryl methyl sites for hydroxylation is 1. The minimum Gasteiger partial charge on any atom is -0.489 e. The van der Waals surface area contributed by atoms with Gasteiger partial charge in [-0.2, -0.15) is 5.10 Å². The first-order valence-corrected chi connectivity index (χ1v) is 10.0. The number of hydrazone groups is 1. The van der Waals surface area contributed by atoms with E-state index in [4.69, 9.17) is 27.9 Å². The van der Waals surface area contributed by atoms with Gasteiger partial charge in [0.2, 0.25) is 0 Å². The largest absolute Gasteiger partial charge is 0.489 e. The zero-order valence-electron chi connectivity index (χ0n) is 16.6. The number of hydrogen-bond donors (Lipinski definition) is 2. The lowest BCUT2D eigenvalue weighted by Crippen LogP contribution is -2.32. The normalized spacial score (nSPS) is 10.7. The molecule has 0 aliphatic heterocycles. The first kappa shape index (κ1) is 22.3. The van der Waals surface area contributed by atoms with Gasteiger partial charge in [-0.3, -0.25) is 9.59 Å². The van der Waals surface area contributed by atoms with E-state index in [1.165, 1.54) is 23.9 Å². The second kappa shape index (κ2) is 10.6. The molecule has 0 heterocycles. The highest BCUT2D eigenvalue weighted by Crippen LogP contribution is 2.25. The van der Waals surface area contributed by atoms with E-state index in [1.807, 2.05) is 25.1 Å². The number of nitrogens with one attached hydrogen (secondary N) is 2. The highest BCUT2D eigenvalue weighted by Gasteiger charge is 2.14. The smallest absolute Gasteiger partial charge is 0.329 e. The van der Waals surface area contributed by atoms with E-state index in [-0.39, 0.29) is 10.7 Å². The molecule has 0 unspecified atom stereocenters. The summed E-state index contributed by atoms with van der Waals surface area (Å²) in [6.07, 6.45) is 1.42. The molecule has 3 aromatic carbocycles. The Balaban J connectivity index is 1.49. The highest BCUT2D eigenvalue weighted by atomic mass is 35.5. The lowest BCUT2D eigenvalue weighted by molar-refractivity contribution is -0.136. The van der Waals surface area contributed by atoms with Gasteiger partial charge in [-0.05, 0) is 60.5 Å². The molecule has 31 heavy (non-hydrogen) atoms. The molecule has 0 radical (unpaired) electrons. The summed E-state index contributed by atoms with van der Waals surface area (Å²) in [6.45, 7) is 2.50. The van der Waals surface area contributed by atoms with Crippen molar-refractivity contribution in [2.24, 2.45) is 5.10 Å². The van der Waals surface area contributed by atoms with Crippen LogP contribution in [0.15, 0.2) is 71.8 Å². The van der Waals surface area contributed by atoms with Crippen LogP contribution in [0.1, 0.15) is 16.7 Å². The fraction of sp³-hybridized carbons (Fsp3) is 0.0870. The van der Waals surface area contributed by atoms with E-state index in [0.29, 0.717) is 17.4 Å². The van der Waals surface area contributed by atoms with Crippen LogP contribution >= 0.6 is 23.2 Å². The summed E-state index contributed by atoms with van der Waals surface area (Å²) in [6, 6.07) is 19.8. The molecule has 0 bridgehead atoms. The Hall–Kier alpha value is -3.35. The van der Waals surface area contributed by atoms with Gasteiger partial charge >= 0.3 is 11.8 Å². The van der Waals surface area contributed by atoms with E-state index in [0.717, 1.165) is 11.1 Å². The third kappa shape index (κ3) is 6.84. The highest BCUT2D eigenvalue weighted by molar-refractivity contribution is 6.42. The van der Waals surface area contributed by atoms with Crippen molar-refractivity contribution in [1.29, 1.82) is 0 Å². The lowest BCUT2D eigenvalue weighted by Gasteiger charge is -2.07. The molecule has 3 rings (SSSR count). The van der Waals surface area contributed by atoms with E-state index >= 15 is 0 Å². The van der Waals surface area contributed by atoms with Crippen molar-refractivity contribution in [3.63, 3.8) is 0 Å². The van der Waals surface area contributed by atoms with Crippen molar-refractivity contribution >= 4 is 46.9 Å². The van der Waals surface area contributed by atoms with Gasteiger partial charge < -0.3 is 10.1 Å². The number of rotatable bonds is 6. The maximum Gasteiger partial charge on any atom is 0.329 e. The summed E-state index contributed by atoms with van der Waals surface area (Å²) < 4.78 is 5.76. The van der Waals surface area contributed by atoms with E-state index in [1.54, 1.807) is 30.3 Å². The predicted octanol–water partition coefficient (Wildman–Crippen LogP) is 4.97. The van der Waals surface area contributed by atoms with E-state index in [9.17, 15) is 9.59 Å². The van der Waals surface area contributed by atoms with Crippen molar-refractivity contribution < 1.29 is 14.3 Å². The van der Waals surface area contributed by atoms with Crippen molar-refractivity contribution in [2.45, 2.75) is 13.5 Å². The number of benzene rings is 3. The lowest BCUT2D eigenvalue weighted by atomic mass is 10.1. The molecule has 0 aliphatic carbocycles. The fourth-order valence-electron chi connectivity index (χ4n) is 2.61. The molecule has 3 aromatic rings. The molecule has 8 heteroatoms. The van der Waals surface area contributed by atoms with Gasteiger partial charge in [0.1, 0.15) is 12.4 Å². The average Bonchev–Trinajstić information content (AvgIpc) is 2.75. The van der Waals surface area contributed by atoms with E-state index in [2.05, 4.69) is 21.9 Å². The molecule has 0 atom stereocenters. The second-order valence-corrected chi connectivity index (χ2v) is 7.47. The summed E-state index contributed by atoms with van der Waals surface area (Å²) >= 11 is 11.8. The van der Waals surface area contributed by atoms with Crippen LogP contribution in [0.3, 0.4) is 0 Å². The van der Waals surface area contributed by atoms with Gasteiger partial charge in [-0.25, -0.2) is 5.43 Å². The quantitative estimate of drug-likeness (QED) is 0.312. The predicted molar refractivity (Wildman–Crippen MR) is 123 cm³/mol. The second-order valence-electron chi connectivity index (χ2n) is 6.62. The molecular formula is C23H19Cl2N3O3. The number of anilines is 1. The zero-order chi connectivity index (χ0) is 22.2. The minimum atomic E-state index is -0.939. The van der Waals surface area contributed by atoms with Gasteiger partial charge in [-0.15, -0.1) is 0 Å². The summed E-state index contributed by atoms with van der Waals surface area (Å²) in [5.41, 5.74) is 5.39.